The van der Waals surface area contributed by atoms with E-state index >= 15 is 0 Å². The summed E-state index contributed by atoms with van der Waals surface area (Å²) in [5, 5.41) is 0. The van der Waals surface area contributed by atoms with Crippen molar-refractivity contribution in [1.29, 1.82) is 0 Å². The van der Waals surface area contributed by atoms with E-state index in [9.17, 15) is 4.79 Å². The van der Waals surface area contributed by atoms with Crippen molar-refractivity contribution in [3.05, 3.63) is 59.7 Å². The third-order valence-electron chi connectivity index (χ3n) is 7.21. The molecule has 2 aliphatic carbocycles. The summed E-state index contributed by atoms with van der Waals surface area (Å²) in [6, 6.07) is 16.8. The fourth-order valence-electron chi connectivity index (χ4n) is 5.59. The maximum absolute atomic E-state index is 13.7. The number of methoxy groups -OCH3 is 1. The molecule has 0 aromatic heterocycles. The predicted octanol–water partition coefficient (Wildman–Crippen LogP) is 3.95. The molecule has 1 aliphatic heterocycles. The number of hydrogen-bond donors (Lipinski definition) is 1. The molecule has 156 valence electrons. The summed E-state index contributed by atoms with van der Waals surface area (Å²) < 4.78 is 5.62. The van der Waals surface area contributed by atoms with E-state index < -0.39 is 5.54 Å². The van der Waals surface area contributed by atoms with Gasteiger partial charge in [0.2, 0.25) is 0 Å². The molecule has 1 saturated carbocycles. The molecular weight excluding hydrogens is 394 g/mol. The maximum Gasteiger partial charge on any atom is 0.262 e. The Kier molecular flexibility index (Phi) is 4.67. The van der Waals surface area contributed by atoms with Crippen LogP contribution in [0.15, 0.2) is 63.3 Å². The van der Waals surface area contributed by atoms with Gasteiger partial charge >= 0.3 is 0 Å². The Morgan fingerprint density at radius 3 is 2.50 bits per heavy atom. The molecule has 30 heavy (non-hydrogen) atoms. The zero-order valence-corrected chi connectivity index (χ0v) is 18.2. The molecule has 5 rings (SSSR count). The standard InChI is InChI=1S/C24H27N3O2S/c1-27-21(28)24(26-22(27)25)20-14-19(30-18-6-4-3-5-7-18)9-8-16(20)15-23(24)12-10-17(29-2)11-13-23/h3-9,14,17H,10-13,15H2,1-2H3,(H2,25,26). The van der Waals surface area contributed by atoms with Crippen LogP contribution in [0.1, 0.15) is 36.8 Å². The number of ether oxygens (including phenoxy) is 1. The highest BCUT2D eigenvalue weighted by Gasteiger charge is 2.66. The first kappa shape index (κ1) is 19.6. The molecule has 5 nitrogen and oxygen atoms in total. The zero-order valence-electron chi connectivity index (χ0n) is 17.4. The van der Waals surface area contributed by atoms with Gasteiger partial charge in [0.05, 0.1) is 6.10 Å². The first-order valence-electron chi connectivity index (χ1n) is 10.5. The lowest BCUT2D eigenvalue weighted by molar-refractivity contribution is -0.137. The van der Waals surface area contributed by atoms with Crippen LogP contribution in [0, 0.1) is 5.41 Å². The lowest BCUT2D eigenvalue weighted by Gasteiger charge is -2.45. The molecule has 1 unspecified atom stereocenters. The smallest absolute Gasteiger partial charge is 0.262 e. The monoisotopic (exact) mass is 421 g/mol. The highest BCUT2D eigenvalue weighted by molar-refractivity contribution is 7.99. The van der Waals surface area contributed by atoms with Gasteiger partial charge in [0.15, 0.2) is 11.5 Å². The first-order chi connectivity index (χ1) is 14.5. The van der Waals surface area contributed by atoms with Gasteiger partial charge in [-0.1, -0.05) is 36.0 Å². The van der Waals surface area contributed by atoms with E-state index in [0.717, 1.165) is 42.6 Å². The Bertz CT molecular complexity index is 1010. The van der Waals surface area contributed by atoms with E-state index in [-0.39, 0.29) is 17.4 Å². The molecular formula is C24H27N3O2S. The number of fused-ring (bicyclic) bond motifs is 3. The number of nitrogens with two attached hydrogens (primary N) is 1. The lowest BCUT2D eigenvalue weighted by Crippen LogP contribution is -2.51. The van der Waals surface area contributed by atoms with Gasteiger partial charge in [-0.15, -0.1) is 0 Å². The predicted molar refractivity (Wildman–Crippen MR) is 118 cm³/mol. The van der Waals surface area contributed by atoms with Crippen LogP contribution in [0.2, 0.25) is 0 Å². The minimum Gasteiger partial charge on any atom is -0.381 e. The van der Waals surface area contributed by atoms with Crippen LogP contribution in [0.5, 0.6) is 0 Å². The van der Waals surface area contributed by atoms with Crippen molar-refractivity contribution in [2.45, 2.75) is 53.5 Å². The highest BCUT2D eigenvalue weighted by atomic mass is 32.2. The normalized spacial score (nSPS) is 30.2. The fourth-order valence-corrected chi connectivity index (χ4v) is 6.47. The van der Waals surface area contributed by atoms with Crippen molar-refractivity contribution < 1.29 is 9.53 Å². The molecule has 1 fully saturated rings. The molecule has 3 aliphatic rings. The van der Waals surface area contributed by atoms with Crippen LogP contribution in [0.4, 0.5) is 0 Å². The molecule has 1 heterocycles. The summed E-state index contributed by atoms with van der Waals surface area (Å²) in [7, 11) is 3.52. The van der Waals surface area contributed by atoms with Crippen LogP contribution >= 0.6 is 11.8 Å². The number of aliphatic imine (C=N–C) groups is 1. The van der Waals surface area contributed by atoms with Gasteiger partial charge in [-0.25, -0.2) is 4.99 Å². The van der Waals surface area contributed by atoms with Crippen molar-refractivity contribution >= 4 is 23.6 Å². The number of guanidine groups is 1. The second-order valence-corrected chi connectivity index (χ2v) is 9.82. The Morgan fingerprint density at radius 2 is 1.87 bits per heavy atom. The largest absolute Gasteiger partial charge is 0.381 e. The molecule has 1 atom stereocenters. The van der Waals surface area contributed by atoms with Gasteiger partial charge in [-0.2, -0.15) is 0 Å². The third kappa shape index (κ3) is 2.73. The molecule has 2 N–H and O–H groups in total. The summed E-state index contributed by atoms with van der Waals surface area (Å²) in [5.41, 5.74) is 7.34. The lowest BCUT2D eigenvalue weighted by atomic mass is 9.61. The van der Waals surface area contributed by atoms with Crippen molar-refractivity contribution in [1.82, 2.24) is 4.90 Å². The van der Waals surface area contributed by atoms with Gasteiger partial charge in [0.1, 0.15) is 0 Å². The molecule has 0 radical (unpaired) electrons. The second-order valence-electron chi connectivity index (χ2n) is 8.67. The molecule has 2 aromatic carbocycles. The molecule has 6 heteroatoms. The van der Waals surface area contributed by atoms with E-state index in [1.807, 2.05) is 18.2 Å². The number of carbonyl (C=O) groups excluding carboxylic acids is 1. The highest BCUT2D eigenvalue weighted by Crippen LogP contribution is 2.62. The average molecular weight is 422 g/mol. The number of carbonyl (C=O) groups is 1. The van der Waals surface area contributed by atoms with Crippen LogP contribution in [-0.4, -0.2) is 37.0 Å². The van der Waals surface area contributed by atoms with E-state index in [4.69, 9.17) is 15.5 Å². The van der Waals surface area contributed by atoms with Gasteiger partial charge in [-0.05, 0) is 67.5 Å². The minimum absolute atomic E-state index is 0.0106. The molecule has 1 amide bonds. The maximum atomic E-state index is 13.7. The molecule has 0 bridgehead atoms. The van der Waals surface area contributed by atoms with E-state index in [1.165, 1.54) is 15.4 Å². The third-order valence-corrected chi connectivity index (χ3v) is 8.21. The zero-order chi connectivity index (χ0) is 20.9. The van der Waals surface area contributed by atoms with E-state index in [0.29, 0.717) is 5.96 Å². The van der Waals surface area contributed by atoms with Crippen LogP contribution in [0.3, 0.4) is 0 Å². The average Bonchev–Trinajstić information content (AvgIpc) is 3.16. The topological polar surface area (TPSA) is 67.9 Å². The van der Waals surface area contributed by atoms with Crippen LogP contribution in [-0.2, 0) is 21.5 Å². The summed E-state index contributed by atoms with van der Waals surface area (Å²) in [6.07, 6.45) is 4.85. The Balaban J connectivity index is 1.60. The van der Waals surface area contributed by atoms with Crippen LogP contribution < -0.4 is 5.73 Å². The van der Waals surface area contributed by atoms with Gasteiger partial charge < -0.3 is 10.5 Å². The van der Waals surface area contributed by atoms with Gasteiger partial charge in [0.25, 0.3) is 5.91 Å². The van der Waals surface area contributed by atoms with Crippen molar-refractivity contribution in [3.8, 4) is 0 Å². The fraction of sp³-hybridized carbons (Fsp3) is 0.417. The van der Waals surface area contributed by atoms with Gasteiger partial charge in [0, 0.05) is 29.4 Å². The minimum atomic E-state index is -0.910. The number of likely N-dealkylation sites (N-methyl/N-ethyl adjacent to an activating group) is 1. The Morgan fingerprint density at radius 1 is 1.13 bits per heavy atom. The van der Waals surface area contributed by atoms with Crippen molar-refractivity contribution in [3.63, 3.8) is 0 Å². The summed E-state index contributed by atoms with van der Waals surface area (Å²) in [4.78, 5) is 22.4. The SMILES string of the molecule is COC1CCC2(CC1)Cc1ccc(Sc3ccccc3)cc1C21N=C(N)N(C)C1=O. The molecule has 0 saturated heterocycles. The van der Waals surface area contributed by atoms with Crippen LogP contribution in [0.25, 0.3) is 0 Å². The first-order valence-corrected chi connectivity index (χ1v) is 11.3. The van der Waals surface area contributed by atoms with Crippen molar-refractivity contribution in [2.24, 2.45) is 16.1 Å². The number of nitrogens with zero attached hydrogens (tertiary/aromatic N) is 2. The second kappa shape index (κ2) is 7.13. The van der Waals surface area contributed by atoms with E-state index in [2.05, 4.69) is 30.3 Å². The Labute approximate surface area is 181 Å². The Hall–Kier alpha value is -2.31. The summed E-state index contributed by atoms with van der Waals surface area (Å²) in [6.45, 7) is 0. The summed E-state index contributed by atoms with van der Waals surface area (Å²) in [5.74, 6) is 0.332. The molecule has 2 spiro atoms. The number of benzene rings is 2. The quantitative estimate of drug-likeness (QED) is 0.815. The number of rotatable bonds is 3. The number of hydrogen-bond acceptors (Lipinski definition) is 5. The number of amides is 1. The summed E-state index contributed by atoms with van der Waals surface area (Å²) >= 11 is 1.71. The molecule has 2 aromatic rings. The van der Waals surface area contributed by atoms with Crippen molar-refractivity contribution in [2.75, 3.05) is 14.2 Å². The van der Waals surface area contributed by atoms with E-state index in [1.54, 1.807) is 25.9 Å². The van der Waals surface area contributed by atoms with Gasteiger partial charge in [-0.3, -0.25) is 9.69 Å².